The first-order valence-corrected chi connectivity index (χ1v) is 12.1. The summed E-state index contributed by atoms with van der Waals surface area (Å²) in [6.45, 7) is 2.99. The molecular formula is C24H34N6O. The van der Waals surface area contributed by atoms with Gasteiger partial charge in [0.25, 0.3) is 0 Å². The first kappa shape index (κ1) is 20.6. The Morgan fingerprint density at radius 3 is 2.45 bits per heavy atom. The van der Waals surface area contributed by atoms with Crippen LogP contribution in [-0.2, 0) is 17.8 Å². The molecule has 0 spiro atoms. The highest BCUT2D eigenvalue weighted by Gasteiger charge is 2.45. The molecule has 1 atom stereocenters. The first-order chi connectivity index (χ1) is 15.3. The first-order valence-electron chi connectivity index (χ1n) is 12.1. The summed E-state index contributed by atoms with van der Waals surface area (Å²) < 4.78 is 2.22. The second-order valence-corrected chi connectivity index (χ2v) is 9.47. The minimum atomic E-state index is -0.275. The second kappa shape index (κ2) is 9.07. The highest BCUT2D eigenvalue weighted by molar-refractivity contribution is 5.86. The monoisotopic (exact) mass is 422 g/mol. The van der Waals surface area contributed by atoms with Gasteiger partial charge >= 0.3 is 0 Å². The highest BCUT2D eigenvalue weighted by atomic mass is 16.2. The zero-order valence-electron chi connectivity index (χ0n) is 18.4. The third-order valence-corrected chi connectivity index (χ3v) is 7.58. The normalized spacial score (nSPS) is 24.2. The predicted octanol–water partition coefficient (Wildman–Crippen LogP) is 3.35. The van der Waals surface area contributed by atoms with Gasteiger partial charge < -0.3 is 9.88 Å². The molecule has 0 aromatic carbocycles. The van der Waals surface area contributed by atoms with Crippen molar-refractivity contribution >= 4 is 5.91 Å². The number of likely N-dealkylation sites (tertiary alicyclic amines) is 1. The summed E-state index contributed by atoms with van der Waals surface area (Å²) in [6.07, 6.45) is 15.7. The number of nitrogens with one attached hydrogen (secondary N) is 1. The Hall–Kier alpha value is -2.28. The van der Waals surface area contributed by atoms with Crippen LogP contribution in [0.4, 0.5) is 0 Å². The van der Waals surface area contributed by atoms with Crippen LogP contribution in [0.5, 0.6) is 0 Å². The van der Waals surface area contributed by atoms with E-state index in [2.05, 4.69) is 30.0 Å². The van der Waals surface area contributed by atoms with Crippen LogP contribution in [0.25, 0.3) is 11.4 Å². The fourth-order valence-corrected chi connectivity index (χ4v) is 5.81. The van der Waals surface area contributed by atoms with Crippen molar-refractivity contribution in [2.24, 2.45) is 0 Å². The maximum atomic E-state index is 13.7. The van der Waals surface area contributed by atoms with Crippen molar-refractivity contribution in [1.82, 2.24) is 30.0 Å². The van der Waals surface area contributed by atoms with Gasteiger partial charge in [-0.05, 0) is 63.7 Å². The smallest absolute Gasteiger partial charge is 0.240 e. The van der Waals surface area contributed by atoms with Crippen molar-refractivity contribution < 1.29 is 4.79 Å². The van der Waals surface area contributed by atoms with Gasteiger partial charge in [-0.25, -0.2) is 0 Å². The zero-order valence-corrected chi connectivity index (χ0v) is 18.4. The molecule has 1 aliphatic carbocycles. The third-order valence-electron chi connectivity index (χ3n) is 7.58. The number of fused-ring (bicyclic) bond motifs is 1. The molecule has 1 unspecified atom stereocenters. The number of hydrogen-bond donors (Lipinski definition) is 1. The van der Waals surface area contributed by atoms with Gasteiger partial charge in [0.2, 0.25) is 5.91 Å². The summed E-state index contributed by atoms with van der Waals surface area (Å²) in [7, 11) is 0. The maximum absolute atomic E-state index is 13.7. The van der Waals surface area contributed by atoms with Crippen LogP contribution in [0.15, 0.2) is 24.5 Å². The number of aryl methyl sites for hydroxylation is 1. The number of nitrogens with zero attached hydrogens (tertiary/aromatic N) is 5. The van der Waals surface area contributed by atoms with Gasteiger partial charge in [0.1, 0.15) is 11.4 Å². The molecule has 1 N–H and O–H groups in total. The Morgan fingerprint density at radius 2 is 1.68 bits per heavy atom. The molecule has 31 heavy (non-hydrogen) atoms. The lowest BCUT2D eigenvalue weighted by atomic mass is 9.78. The third kappa shape index (κ3) is 4.12. The van der Waals surface area contributed by atoms with E-state index >= 15 is 0 Å². The van der Waals surface area contributed by atoms with E-state index in [1.807, 2.05) is 12.1 Å². The molecule has 1 saturated carbocycles. The lowest BCUT2D eigenvalue weighted by Crippen LogP contribution is -2.62. The van der Waals surface area contributed by atoms with E-state index in [4.69, 9.17) is 0 Å². The molecular weight excluding hydrogens is 388 g/mol. The number of pyridine rings is 1. The molecule has 0 radical (unpaired) electrons. The molecule has 1 amide bonds. The van der Waals surface area contributed by atoms with Gasteiger partial charge in [-0.15, -0.1) is 10.2 Å². The quantitative estimate of drug-likeness (QED) is 0.818. The van der Waals surface area contributed by atoms with E-state index in [1.54, 1.807) is 12.4 Å². The van der Waals surface area contributed by atoms with Crippen molar-refractivity contribution in [1.29, 1.82) is 0 Å². The molecule has 166 valence electrons. The fourth-order valence-electron chi connectivity index (χ4n) is 5.81. The minimum Gasteiger partial charge on any atom is -0.352 e. The number of amides is 1. The molecule has 1 saturated heterocycles. The van der Waals surface area contributed by atoms with Gasteiger partial charge in [0, 0.05) is 37.0 Å². The van der Waals surface area contributed by atoms with Crippen LogP contribution >= 0.6 is 0 Å². The van der Waals surface area contributed by atoms with E-state index in [-0.39, 0.29) is 17.5 Å². The number of hydrogen-bond acceptors (Lipinski definition) is 5. The van der Waals surface area contributed by atoms with Crippen LogP contribution in [0, 0.1) is 0 Å². The van der Waals surface area contributed by atoms with Crippen molar-refractivity contribution in [3.8, 4) is 11.4 Å². The van der Waals surface area contributed by atoms with E-state index in [0.29, 0.717) is 0 Å². The Kier molecular flexibility index (Phi) is 6.03. The summed E-state index contributed by atoms with van der Waals surface area (Å²) in [4.78, 5) is 20.3. The van der Waals surface area contributed by atoms with Crippen molar-refractivity contribution in [3.63, 3.8) is 0 Å². The van der Waals surface area contributed by atoms with Gasteiger partial charge in [0.15, 0.2) is 5.82 Å². The lowest BCUT2D eigenvalue weighted by molar-refractivity contribution is -0.138. The van der Waals surface area contributed by atoms with Crippen LogP contribution in [0.3, 0.4) is 0 Å². The molecule has 7 nitrogen and oxygen atoms in total. The zero-order chi connectivity index (χ0) is 21.1. The summed E-state index contributed by atoms with van der Waals surface area (Å²) in [5.74, 6) is 2.21. The van der Waals surface area contributed by atoms with Gasteiger partial charge in [-0.1, -0.05) is 25.7 Å². The van der Waals surface area contributed by atoms with E-state index in [1.165, 1.54) is 38.5 Å². The van der Waals surface area contributed by atoms with E-state index < -0.39 is 0 Å². The average molecular weight is 423 g/mol. The Balaban J connectivity index is 1.29. The largest absolute Gasteiger partial charge is 0.352 e. The molecule has 4 heterocycles. The number of carbonyl (C=O) groups excluding carboxylic acids is 1. The van der Waals surface area contributed by atoms with Crippen molar-refractivity contribution in [2.75, 3.05) is 13.1 Å². The van der Waals surface area contributed by atoms with Crippen LogP contribution in [-0.4, -0.2) is 55.2 Å². The molecule has 3 aliphatic rings. The number of carbonyl (C=O) groups is 1. The summed E-state index contributed by atoms with van der Waals surface area (Å²) in [5, 5.41) is 12.4. The Bertz CT molecular complexity index is 883. The molecule has 2 aliphatic heterocycles. The second-order valence-electron chi connectivity index (χ2n) is 9.47. The summed E-state index contributed by atoms with van der Waals surface area (Å²) >= 11 is 0. The predicted molar refractivity (Wildman–Crippen MR) is 119 cm³/mol. The van der Waals surface area contributed by atoms with Crippen LogP contribution < -0.4 is 5.32 Å². The molecule has 2 aromatic heterocycles. The van der Waals surface area contributed by atoms with Gasteiger partial charge in [0.05, 0.1) is 0 Å². The Labute approximate surface area is 184 Å². The topological polar surface area (TPSA) is 75.9 Å². The number of piperidine rings is 1. The van der Waals surface area contributed by atoms with E-state index in [0.717, 1.165) is 69.0 Å². The summed E-state index contributed by atoms with van der Waals surface area (Å²) in [6, 6.07) is 4.16. The number of rotatable bonds is 4. The SMILES string of the molecule is O=C(NC1CCc2nnc(-c3ccncc3)n2CC1)C1(N2CCCCC2)CCCCC1. The average Bonchev–Trinajstić information content (AvgIpc) is 3.14. The highest BCUT2D eigenvalue weighted by Crippen LogP contribution is 2.36. The lowest BCUT2D eigenvalue weighted by Gasteiger charge is -2.47. The number of aromatic nitrogens is 4. The van der Waals surface area contributed by atoms with Crippen LogP contribution in [0.1, 0.15) is 70.0 Å². The summed E-state index contributed by atoms with van der Waals surface area (Å²) in [5.41, 5.74) is 0.768. The standard InChI is InChI=1S/C24H34N6O/c31-23(24(12-3-1-4-13-24)29-16-5-2-6-17-29)26-20-7-8-21-27-28-22(30(21)18-11-20)19-9-14-25-15-10-19/h9-10,14-15,20H,1-8,11-13,16-18H2,(H,26,31). The minimum absolute atomic E-state index is 0.197. The molecule has 7 heteroatoms. The molecule has 5 rings (SSSR count). The maximum Gasteiger partial charge on any atom is 0.240 e. The van der Waals surface area contributed by atoms with Gasteiger partial charge in [-0.2, -0.15) is 0 Å². The fraction of sp³-hybridized carbons (Fsp3) is 0.667. The molecule has 2 fully saturated rings. The Morgan fingerprint density at radius 1 is 0.935 bits per heavy atom. The molecule has 0 bridgehead atoms. The van der Waals surface area contributed by atoms with Crippen molar-refractivity contribution in [3.05, 3.63) is 30.4 Å². The molecule has 2 aromatic rings. The van der Waals surface area contributed by atoms with E-state index in [9.17, 15) is 4.79 Å². The van der Waals surface area contributed by atoms with Crippen LogP contribution in [0.2, 0.25) is 0 Å². The van der Waals surface area contributed by atoms with Crippen molar-refractivity contribution in [2.45, 2.75) is 88.8 Å². The van der Waals surface area contributed by atoms with Gasteiger partial charge in [-0.3, -0.25) is 14.7 Å².